The Morgan fingerprint density at radius 3 is 2.56 bits per heavy atom. The Kier molecular flexibility index (Phi) is 2.94. The highest BCUT2D eigenvalue weighted by molar-refractivity contribution is 7.19. The second-order valence-electron chi connectivity index (χ2n) is 3.29. The number of nitrogens with zero attached hydrogens (tertiary/aromatic N) is 1. The number of anilines is 1. The summed E-state index contributed by atoms with van der Waals surface area (Å²) in [4.78, 5) is 16.2. The highest BCUT2D eigenvalue weighted by atomic mass is 35.5. The van der Waals surface area contributed by atoms with Crippen molar-refractivity contribution >= 4 is 33.9 Å². The fraction of sp³-hybridized carbons (Fsp3) is 0.0909. The fourth-order valence-electron chi connectivity index (χ4n) is 1.37. The lowest BCUT2D eigenvalue weighted by molar-refractivity contribution is 0.101. The number of hydrogen-bond donors (Lipinski definition) is 1. The first kappa shape index (κ1) is 11.1. The lowest BCUT2D eigenvalue weighted by Gasteiger charge is -1.99. The number of carbonyl (C=O) groups excluding carboxylic acids is 1. The number of Topliss-reactive ketones (excluding diaryl/α,β-unsaturated/α-hetero) is 1. The molecule has 0 atom stereocenters. The van der Waals surface area contributed by atoms with E-state index < -0.39 is 0 Å². The summed E-state index contributed by atoms with van der Waals surface area (Å²) in [5, 5.41) is 1.06. The van der Waals surface area contributed by atoms with Crippen LogP contribution in [0.15, 0.2) is 24.3 Å². The molecule has 2 rings (SSSR count). The van der Waals surface area contributed by atoms with Gasteiger partial charge in [0.1, 0.15) is 5.69 Å². The molecule has 2 N–H and O–H groups in total. The maximum absolute atomic E-state index is 11.4. The molecule has 16 heavy (non-hydrogen) atoms. The van der Waals surface area contributed by atoms with Crippen molar-refractivity contribution in [2.24, 2.45) is 0 Å². The summed E-state index contributed by atoms with van der Waals surface area (Å²) in [5.74, 6) is -0.0853. The van der Waals surface area contributed by atoms with Gasteiger partial charge in [-0.05, 0) is 17.7 Å². The van der Waals surface area contributed by atoms with Crippen molar-refractivity contribution in [2.45, 2.75) is 6.92 Å². The first-order valence-corrected chi connectivity index (χ1v) is 5.80. The molecule has 82 valence electrons. The Bertz CT molecular complexity index is 533. The van der Waals surface area contributed by atoms with E-state index in [-0.39, 0.29) is 5.78 Å². The monoisotopic (exact) mass is 252 g/mol. The van der Waals surface area contributed by atoms with Gasteiger partial charge in [-0.25, -0.2) is 4.98 Å². The third-order valence-electron chi connectivity index (χ3n) is 2.08. The van der Waals surface area contributed by atoms with Gasteiger partial charge < -0.3 is 5.73 Å². The number of halogens is 1. The Morgan fingerprint density at radius 2 is 2.00 bits per heavy atom. The van der Waals surface area contributed by atoms with Gasteiger partial charge in [0, 0.05) is 11.9 Å². The third kappa shape index (κ3) is 2.08. The summed E-state index contributed by atoms with van der Waals surface area (Å²) >= 11 is 7.11. The second-order valence-corrected chi connectivity index (χ2v) is 4.76. The molecule has 5 heteroatoms. The van der Waals surface area contributed by atoms with E-state index in [9.17, 15) is 4.79 Å². The van der Waals surface area contributed by atoms with E-state index in [4.69, 9.17) is 17.3 Å². The van der Waals surface area contributed by atoms with Crippen LogP contribution in [0.4, 0.5) is 5.13 Å². The lowest BCUT2D eigenvalue weighted by Crippen LogP contribution is -1.95. The molecule has 0 unspecified atom stereocenters. The van der Waals surface area contributed by atoms with Crippen molar-refractivity contribution in [1.82, 2.24) is 4.98 Å². The van der Waals surface area contributed by atoms with E-state index in [1.807, 2.05) is 12.1 Å². The quantitative estimate of drug-likeness (QED) is 0.835. The zero-order chi connectivity index (χ0) is 11.7. The van der Waals surface area contributed by atoms with Gasteiger partial charge in [0.25, 0.3) is 0 Å². The molecular formula is C11H9ClN2OS. The number of hydrogen-bond acceptors (Lipinski definition) is 4. The molecule has 0 saturated carbocycles. The third-order valence-corrected chi connectivity index (χ3v) is 3.27. The summed E-state index contributed by atoms with van der Waals surface area (Å²) in [6.07, 6.45) is 0. The van der Waals surface area contributed by atoms with Crippen LogP contribution in [0.3, 0.4) is 0 Å². The Labute approximate surface area is 102 Å². The van der Waals surface area contributed by atoms with Crippen molar-refractivity contribution in [3.63, 3.8) is 0 Å². The normalized spacial score (nSPS) is 10.4. The smallest absolute Gasteiger partial charge is 0.181 e. The van der Waals surface area contributed by atoms with Crippen LogP contribution in [0.5, 0.6) is 0 Å². The van der Waals surface area contributed by atoms with Crippen LogP contribution in [0.1, 0.15) is 17.4 Å². The average molecular weight is 253 g/mol. The van der Waals surface area contributed by atoms with Crippen molar-refractivity contribution < 1.29 is 4.79 Å². The first-order chi connectivity index (χ1) is 7.58. The van der Waals surface area contributed by atoms with E-state index in [0.29, 0.717) is 15.8 Å². The molecule has 1 heterocycles. The predicted molar refractivity (Wildman–Crippen MR) is 67.0 cm³/mol. The van der Waals surface area contributed by atoms with Crippen molar-refractivity contribution in [3.05, 3.63) is 35.0 Å². The molecule has 0 aliphatic rings. The fourth-order valence-corrected chi connectivity index (χ4v) is 2.38. The number of ketones is 1. The van der Waals surface area contributed by atoms with Crippen LogP contribution in [-0.2, 0) is 0 Å². The molecule has 1 aromatic heterocycles. The van der Waals surface area contributed by atoms with E-state index in [2.05, 4.69) is 4.98 Å². The van der Waals surface area contributed by atoms with Gasteiger partial charge in [-0.15, -0.1) is 0 Å². The number of nitrogen functional groups attached to an aromatic ring is 1. The van der Waals surface area contributed by atoms with Gasteiger partial charge >= 0.3 is 0 Å². The molecule has 0 saturated heterocycles. The van der Waals surface area contributed by atoms with E-state index in [1.54, 1.807) is 12.1 Å². The average Bonchev–Trinajstić information content (AvgIpc) is 2.61. The van der Waals surface area contributed by atoms with E-state index >= 15 is 0 Å². The topological polar surface area (TPSA) is 56.0 Å². The molecule has 0 aliphatic carbocycles. The Balaban J connectivity index is 2.55. The molecule has 0 aliphatic heterocycles. The van der Waals surface area contributed by atoms with Gasteiger partial charge in [-0.1, -0.05) is 35.1 Å². The number of nitrogens with two attached hydrogens (primary N) is 1. The SMILES string of the molecule is CC(=O)c1nc(N)sc1-c1ccc(Cl)cc1. The Morgan fingerprint density at radius 1 is 1.38 bits per heavy atom. The number of carbonyl (C=O) groups is 1. The molecule has 0 radical (unpaired) electrons. The number of aromatic nitrogens is 1. The summed E-state index contributed by atoms with van der Waals surface area (Å²) in [5.41, 5.74) is 6.94. The first-order valence-electron chi connectivity index (χ1n) is 4.61. The predicted octanol–water partition coefficient (Wildman–Crippen LogP) is 3.25. The maximum Gasteiger partial charge on any atom is 0.181 e. The second kappa shape index (κ2) is 4.23. The molecule has 0 bridgehead atoms. The molecule has 1 aromatic carbocycles. The molecule has 0 spiro atoms. The Hall–Kier alpha value is -1.39. The standard InChI is InChI=1S/C11H9ClN2OS/c1-6(15)9-10(16-11(13)14-9)7-2-4-8(12)5-3-7/h2-5H,1H3,(H2,13,14). The van der Waals surface area contributed by atoms with Crippen molar-refractivity contribution in [2.75, 3.05) is 5.73 Å². The molecule has 3 nitrogen and oxygen atoms in total. The molecular weight excluding hydrogens is 244 g/mol. The molecule has 2 aromatic rings. The van der Waals surface area contributed by atoms with E-state index in [1.165, 1.54) is 18.3 Å². The minimum atomic E-state index is -0.0853. The van der Waals surface area contributed by atoms with Gasteiger partial charge in [0.15, 0.2) is 10.9 Å². The van der Waals surface area contributed by atoms with Gasteiger partial charge in [-0.2, -0.15) is 0 Å². The largest absolute Gasteiger partial charge is 0.375 e. The van der Waals surface area contributed by atoms with Crippen LogP contribution >= 0.6 is 22.9 Å². The van der Waals surface area contributed by atoms with Gasteiger partial charge in [-0.3, -0.25) is 4.79 Å². The summed E-state index contributed by atoms with van der Waals surface area (Å²) < 4.78 is 0. The number of benzene rings is 1. The zero-order valence-corrected chi connectivity index (χ0v) is 10.1. The van der Waals surface area contributed by atoms with Crippen LogP contribution in [0, 0.1) is 0 Å². The maximum atomic E-state index is 11.4. The minimum absolute atomic E-state index is 0.0853. The molecule has 0 fully saturated rings. The van der Waals surface area contributed by atoms with Crippen LogP contribution in [0.2, 0.25) is 5.02 Å². The highest BCUT2D eigenvalue weighted by Crippen LogP contribution is 2.32. The van der Waals surface area contributed by atoms with Crippen molar-refractivity contribution in [1.29, 1.82) is 0 Å². The van der Waals surface area contributed by atoms with Crippen LogP contribution in [0.25, 0.3) is 10.4 Å². The lowest BCUT2D eigenvalue weighted by atomic mass is 10.1. The van der Waals surface area contributed by atoms with Crippen molar-refractivity contribution in [3.8, 4) is 10.4 Å². The summed E-state index contributed by atoms with van der Waals surface area (Å²) in [7, 11) is 0. The summed E-state index contributed by atoms with van der Waals surface area (Å²) in [6, 6.07) is 7.25. The number of thiazole rings is 1. The van der Waals surface area contributed by atoms with Crippen LogP contribution < -0.4 is 5.73 Å². The van der Waals surface area contributed by atoms with Crippen LogP contribution in [-0.4, -0.2) is 10.8 Å². The zero-order valence-electron chi connectivity index (χ0n) is 8.53. The van der Waals surface area contributed by atoms with Gasteiger partial charge in [0.05, 0.1) is 4.88 Å². The highest BCUT2D eigenvalue weighted by Gasteiger charge is 2.14. The summed E-state index contributed by atoms with van der Waals surface area (Å²) in [6.45, 7) is 1.48. The molecule has 0 amide bonds. The minimum Gasteiger partial charge on any atom is -0.375 e. The van der Waals surface area contributed by atoms with Gasteiger partial charge in [0.2, 0.25) is 0 Å². The van der Waals surface area contributed by atoms with E-state index in [0.717, 1.165) is 10.4 Å². The number of rotatable bonds is 2.